The molecule has 1 aliphatic rings. The molecule has 2 aromatic rings. The minimum absolute atomic E-state index is 0.358. The molecular weight excluding hydrogens is 284 g/mol. The van der Waals surface area contributed by atoms with Crippen LogP contribution in [-0.2, 0) is 17.7 Å². The summed E-state index contributed by atoms with van der Waals surface area (Å²) in [6, 6.07) is 5.98. The van der Waals surface area contributed by atoms with Crippen LogP contribution in [0, 0.1) is 0 Å². The summed E-state index contributed by atoms with van der Waals surface area (Å²) in [7, 11) is 0. The molecule has 0 amide bonds. The molecule has 112 valence electrons. The largest absolute Gasteiger partial charge is 0.339 e. The van der Waals surface area contributed by atoms with E-state index in [9.17, 15) is 0 Å². The number of hydrogen-bond acceptors (Lipinski definition) is 6. The number of aromatic nitrogens is 3. The van der Waals surface area contributed by atoms with Gasteiger partial charge < -0.3 is 10.3 Å². The van der Waals surface area contributed by atoms with Crippen LogP contribution in [0.3, 0.4) is 0 Å². The van der Waals surface area contributed by atoms with Crippen molar-refractivity contribution >= 4 is 11.8 Å². The number of thioether (sulfide) groups is 1. The first-order chi connectivity index (χ1) is 10.3. The summed E-state index contributed by atoms with van der Waals surface area (Å²) in [6.45, 7) is 0. The molecule has 0 saturated heterocycles. The van der Waals surface area contributed by atoms with Gasteiger partial charge in [0, 0.05) is 24.1 Å². The molecule has 21 heavy (non-hydrogen) atoms. The molecule has 0 atom stereocenters. The lowest BCUT2D eigenvalue weighted by molar-refractivity contribution is 0.351. The van der Waals surface area contributed by atoms with E-state index in [2.05, 4.69) is 15.1 Å². The first-order valence-electron chi connectivity index (χ1n) is 7.36. The van der Waals surface area contributed by atoms with Gasteiger partial charge in [0.25, 0.3) is 0 Å². The summed E-state index contributed by atoms with van der Waals surface area (Å²) < 4.78 is 5.32. The normalized spacial score (nSPS) is 17.2. The summed E-state index contributed by atoms with van der Waals surface area (Å²) in [4.78, 5) is 8.78. The van der Waals surface area contributed by atoms with E-state index in [1.807, 2.05) is 36.2 Å². The van der Waals surface area contributed by atoms with E-state index in [-0.39, 0.29) is 5.54 Å². The van der Waals surface area contributed by atoms with Crippen LogP contribution in [-0.4, -0.2) is 20.9 Å². The van der Waals surface area contributed by atoms with Gasteiger partial charge in [-0.3, -0.25) is 4.98 Å². The molecule has 1 aliphatic carbocycles. The molecule has 5 nitrogen and oxygen atoms in total. The molecular formula is C15H20N4OS. The monoisotopic (exact) mass is 304 g/mol. The third kappa shape index (κ3) is 3.63. The highest BCUT2D eigenvalue weighted by molar-refractivity contribution is 7.98. The summed E-state index contributed by atoms with van der Waals surface area (Å²) >= 11 is 1.82. The molecule has 0 unspecified atom stereocenters. The minimum Gasteiger partial charge on any atom is -0.339 e. The van der Waals surface area contributed by atoms with Crippen LogP contribution < -0.4 is 5.73 Å². The Morgan fingerprint density at radius 1 is 1.29 bits per heavy atom. The van der Waals surface area contributed by atoms with Crippen molar-refractivity contribution in [2.45, 2.75) is 43.4 Å². The number of nitrogens with two attached hydrogens (primary N) is 1. The zero-order valence-corrected chi connectivity index (χ0v) is 12.8. The van der Waals surface area contributed by atoms with Gasteiger partial charge in [-0.05, 0) is 25.0 Å². The van der Waals surface area contributed by atoms with Gasteiger partial charge in [-0.2, -0.15) is 16.7 Å². The summed E-state index contributed by atoms with van der Waals surface area (Å²) in [5, 5.41) is 4.07. The van der Waals surface area contributed by atoms with Gasteiger partial charge in [-0.1, -0.05) is 24.1 Å². The number of pyridine rings is 1. The van der Waals surface area contributed by atoms with Gasteiger partial charge in [0.05, 0.1) is 11.2 Å². The molecule has 1 fully saturated rings. The fraction of sp³-hybridized carbons (Fsp3) is 0.533. The topological polar surface area (TPSA) is 77.8 Å². The maximum Gasteiger partial charge on any atom is 0.227 e. The van der Waals surface area contributed by atoms with E-state index >= 15 is 0 Å². The zero-order valence-electron chi connectivity index (χ0n) is 12.0. The van der Waals surface area contributed by atoms with Crippen molar-refractivity contribution in [3.63, 3.8) is 0 Å². The predicted octanol–water partition coefficient (Wildman–Crippen LogP) is 2.67. The van der Waals surface area contributed by atoms with Crippen LogP contribution in [0.25, 0.3) is 0 Å². The highest BCUT2D eigenvalue weighted by Gasteiger charge is 2.35. The predicted molar refractivity (Wildman–Crippen MR) is 82.7 cm³/mol. The third-order valence-electron chi connectivity index (χ3n) is 3.85. The zero-order chi connectivity index (χ0) is 14.5. The van der Waals surface area contributed by atoms with E-state index in [1.54, 1.807) is 0 Å². The highest BCUT2D eigenvalue weighted by atomic mass is 32.2. The Balaban J connectivity index is 1.47. The van der Waals surface area contributed by atoms with Crippen molar-refractivity contribution in [3.05, 3.63) is 41.8 Å². The highest BCUT2D eigenvalue weighted by Crippen LogP contribution is 2.34. The SMILES string of the molecule is NC1(c2noc(CCSCc3ccccn3)n2)CCCC1. The van der Waals surface area contributed by atoms with Gasteiger partial charge in [0.1, 0.15) is 0 Å². The Kier molecular flexibility index (Phi) is 4.55. The Bertz CT molecular complexity index is 566. The van der Waals surface area contributed by atoms with Crippen molar-refractivity contribution < 1.29 is 4.52 Å². The molecule has 6 heteroatoms. The van der Waals surface area contributed by atoms with Crippen molar-refractivity contribution in [3.8, 4) is 0 Å². The van der Waals surface area contributed by atoms with Crippen molar-refractivity contribution in [2.24, 2.45) is 5.73 Å². The molecule has 0 spiro atoms. The molecule has 2 aromatic heterocycles. The number of rotatable bonds is 6. The van der Waals surface area contributed by atoms with Crippen molar-refractivity contribution in [1.82, 2.24) is 15.1 Å². The lowest BCUT2D eigenvalue weighted by Crippen LogP contribution is -2.34. The molecule has 1 saturated carbocycles. The number of hydrogen-bond donors (Lipinski definition) is 1. The van der Waals surface area contributed by atoms with Gasteiger partial charge in [-0.15, -0.1) is 0 Å². The smallest absolute Gasteiger partial charge is 0.227 e. The Morgan fingerprint density at radius 2 is 2.14 bits per heavy atom. The second kappa shape index (κ2) is 6.58. The van der Waals surface area contributed by atoms with Crippen LogP contribution in [0.4, 0.5) is 0 Å². The number of aryl methyl sites for hydroxylation is 1. The first kappa shape index (κ1) is 14.5. The van der Waals surface area contributed by atoms with E-state index in [1.165, 1.54) is 0 Å². The second-order valence-electron chi connectivity index (χ2n) is 5.50. The van der Waals surface area contributed by atoms with Crippen LogP contribution in [0.2, 0.25) is 0 Å². The lowest BCUT2D eigenvalue weighted by Gasteiger charge is -2.17. The Labute approximate surface area is 128 Å². The molecule has 3 rings (SSSR count). The average molecular weight is 304 g/mol. The first-order valence-corrected chi connectivity index (χ1v) is 8.51. The second-order valence-corrected chi connectivity index (χ2v) is 6.60. The third-order valence-corrected chi connectivity index (χ3v) is 4.84. The number of nitrogens with zero attached hydrogens (tertiary/aromatic N) is 3. The summed E-state index contributed by atoms with van der Waals surface area (Å²) in [5.74, 6) is 3.22. The molecule has 2 N–H and O–H groups in total. The van der Waals surface area contributed by atoms with Crippen LogP contribution in [0.15, 0.2) is 28.9 Å². The van der Waals surface area contributed by atoms with Gasteiger partial charge in [0.2, 0.25) is 5.89 Å². The van der Waals surface area contributed by atoms with E-state index in [4.69, 9.17) is 10.3 Å². The van der Waals surface area contributed by atoms with E-state index in [0.717, 1.165) is 49.3 Å². The fourth-order valence-electron chi connectivity index (χ4n) is 2.61. The minimum atomic E-state index is -0.358. The molecule has 2 heterocycles. The molecule has 0 bridgehead atoms. The van der Waals surface area contributed by atoms with Crippen LogP contribution in [0.1, 0.15) is 43.1 Å². The standard InChI is InChI=1S/C15H20N4OS/c16-15(7-2-3-8-15)14-18-13(20-19-14)6-10-21-11-12-5-1-4-9-17-12/h1,4-5,9H,2-3,6-8,10-11,16H2. The molecule has 0 radical (unpaired) electrons. The van der Waals surface area contributed by atoms with Crippen molar-refractivity contribution in [1.29, 1.82) is 0 Å². The van der Waals surface area contributed by atoms with E-state index in [0.29, 0.717) is 11.7 Å². The van der Waals surface area contributed by atoms with E-state index < -0.39 is 0 Å². The summed E-state index contributed by atoms with van der Waals surface area (Å²) in [6.07, 6.45) is 6.82. The molecule has 0 aromatic carbocycles. The van der Waals surface area contributed by atoms with Gasteiger partial charge >= 0.3 is 0 Å². The quantitative estimate of drug-likeness (QED) is 0.827. The fourth-order valence-corrected chi connectivity index (χ4v) is 3.45. The maximum absolute atomic E-state index is 6.33. The lowest BCUT2D eigenvalue weighted by atomic mass is 9.99. The van der Waals surface area contributed by atoms with Gasteiger partial charge in [0.15, 0.2) is 5.82 Å². The maximum atomic E-state index is 6.33. The Morgan fingerprint density at radius 3 is 2.90 bits per heavy atom. The van der Waals surface area contributed by atoms with Gasteiger partial charge in [-0.25, -0.2) is 0 Å². The van der Waals surface area contributed by atoms with Crippen molar-refractivity contribution in [2.75, 3.05) is 5.75 Å². The average Bonchev–Trinajstić information content (AvgIpc) is 3.15. The van der Waals surface area contributed by atoms with Crippen LogP contribution in [0.5, 0.6) is 0 Å². The molecule has 0 aliphatic heterocycles. The van der Waals surface area contributed by atoms with Crippen LogP contribution >= 0.6 is 11.8 Å². The summed E-state index contributed by atoms with van der Waals surface area (Å²) in [5.41, 5.74) is 7.07. The Hall–Kier alpha value is -1.40.